The fourth-order valence-electron chi connectivity index (χ4n) is 2.37. The number of thioether (sulfide) groups is 1. The van der Waals surface area contributed by atoms with Crippen LogP contribution in [0.3, 0.4) is 0 Å². The van der Waals surface area contributed by atoms with Crippen molar-refractivity contribution in [1.82, 2.24) is 0 Å². The van der Waals surface area contributed by atoms with Gasteiger partial charge in [-0.2, -0.15) is 0 Å². The minimum absolute atomic E-state index is 0.00931. The Hall–Kier alpha value is -0.960. The van der Waals surface area contributed by atoms with Crippen LogP contribution < -0.4 is 16.4 Å². The molecule has 1 aliphatic heterocycles. The summed E-state index contributed by atoms with van der Waals surface area (Å²) in [6, 6.07) is 0. The number of nitrogens with zero attached hydrogens (tertiary/aromatic N) is 1. The van der Waals surface area contributed by atoms with Crippen LogP contribution in [0.1, 0.15) is 9.67 Å². The first-order chi connectivity index (χ1) is 9.53. The average molecular weight is 317 g/mol. The van der Waals surface area contributed by atoms with E-state index in [0.29, 0.717) is 23.7 Å². The van der Waals surface area contributed by atoms with E-state index in [9.17, 15) is 4.79 Å². The van der Waals surface area contributed by atoms with Crippen LogP contribution in [0.25, 0.3) is 0 Å². The summed E-state index contributed by atoms with van der Waals surface area (Å²) in [4.78, 5) is 14.9. The van der Waals surface area contributed by atoms with E-state index < -0.39 is 5.91 Å². The molecule has 20 heavy (non-hydrogen) atoms. The molecule has 2 atom stereocenters. The third-order valence-electron chi connectivity index (χ3n) is 3.42. The van der Waals surface area contributed by atoms with E-state index >= 15 is 0 Å². The van der Waals surface area contributed by atoms with E-state index in [1.54, 1.807) is 14.2 Å². The highest BCUT2D eigenvalue weighted by molar-refractivity contribution is 7.99. The summed E-state index contributed by atoms with van der Waals surface area (Å²) < 4.78 is 10.9. The monoisotopic (exact) mass is 317 g/mol. The van der Waals surface area contributed by atoms with Crippen LogP contribution in [0.4, 0.5) is 10.7 Å². The number of anilines is 2. The molecule has 8 heteroatoms. The lowest BCUT2D eigenvalue weighted by atomic mass is 10.3. The quantitative estimate of drug-likeness (QED) is 0.787. The highest BCUT2D eigenvalue weighted by Crippen LogP contribution is 2.44. The molecular formula is C12H19N3O3S2. The number of primary amides is 1. The fraction of sp³-hybridized carbons (Fsp3) is 0.583. The number of amides is 1. The van der Waals surface area contributed by atoms with Gasteiger partial charge in [0.15, 0.2) is 0 Å². The summed E-state index contributed by atoms with van der Waals surface area (Å²) in [5, 5.41) is 0.963. The molecule has 1 saturated heterocycles. The molecule has 6 nitrogen and oxygen atoms in total. The lowest BCUT2D eigenvalue weighted by Gasteiger charge is -2.17. The van der Waals surface area contributed by atoms with E-state index in [1.165, 1.54) is 23.1 Å². The van der Waals surface area contributed by atoms with Crippen molar-refractivity contribution in [3.05, 3.63) is 4.88 Å². The molecule has 112 valence electrons. The summed E-state index contributed by atoms with van der Waals surface area (Å²) in [5.74, 6) is -0.486. The minimum Gasteiger partial charge on any atom is -0.396 e. The van der Waals surface area contributed by atoms with Gasteiger partial charge < -0.3 is 25.8 Å². The summed E-state index contributed by atoms with van der Waals surface area (Å²) in [7, 11) is 3.35. The number of methoxy groups -OCH3 is 2. The van der Waals surface area contributed by atoms with E-state index in [4.69, 9.17) is 20.9 Å². The molecule has 1 aromatic rings. The molecule has 1 fully saturated rings. The summed E-state index contributed by atoms with van der Waals surface area (Å²) in [6.07, 6.45) is 1.95. The Morgan fingerprint density at radius 2 is 1.90 bits per heavy atom. The second-order valence-electron chi connectivity index (χ2n) is 4.50. The lowest BCUT2D eigenvalue weighted by Crippen LogP contribution is -2.27. The molecule has 1 aliphatic rings. The smallest absolute Gasteiger partial charge is 0.261 e. The molecule has 0 aliphatic carbocycles. The SMILES string of the molecule is COC1CN(c2sc(C(N)=O)c(N)c2SC)CC1OC. The van der Waals surface area contributed by atoms with Crippen molar-refractivity contribution in [1.29, 1.82) is 0 Å². The molecule has 2 heterocycles. The number of rotatable bonds is 5. The van der Waals surface area contributed by atoms with Gasteiger partial charge in [0.05, 0.1) is 10.6 Å². The molecule has 1 amide bonds. The largest absolute Gasteiger partial charge is 0.396 e. The first-order valence-electron chi connectivity index (χ1n) is 6.10. The van der Waals surface area contributed by atoms with Crippen LogP contribution >= 0.6 is 23.1 Å². The van der Waals surface area contributed by atoms with Gasteiger partial charge >= 0.3 is 0 Å². The predicted molar refractivity (Wildman–Crippen MR) is 82.8 cm³/mol. The lowest BCUT2D eigenvalue weighted by molar-refractivity contribution is -0.00461. The fourth-order valence-corrected chi connectivity index (χ4v) is 4.42. The maximum Gasteiger partial charge on any atom is 0.261 e. The molecule has 0 bridgehead atoms. The minimum atomic E-state index is -0.486. The normalized spacial score (nSPS) is 22.4. The van der Waals surface area contributed by atoms with Gasteiger partial charge in [-0.3, -0.25) is 4.79 Å². The first-order valence-corrected chi connectivity index (χ1v) is 8.14. The molecule has 0 spiro atoms. The molecule has 0 saturated carbocycles. The Bertz CT molecular complexity index is 494. The zero-order chi connectivity index (χ0) is 14.9. The van der Waals surface area contributed by atoms with Gasteiger partial charge in [0, 0.05) is 27.3 Å². The molecule has 0 radical (unpaired) electrons. The summed E-state index contributed by atoms with van der Waals surface area (Å²) in [6.45, 7) is 1.42. The highest BCUT2D eigenvalue weighted by atomic mass is 32.2. The van der Waals surface area contributed by atoms with E-state index in [1.807, 2.05) is 6.26 Å². The van der Waals surface area contributed by atoms with Crippen molar-refractivity contribution in [2.75, 3.05) is 44.2 Å². The van der Waals surface area contributed by atoms with E-state index in [0.717, 1.165) is 9.90 Å². The summed E-state index contributed by atoms with van der Waals surface area (Å²) in [5.41, 5.74) is 11.9. The van der Waals surface area contributed by atoms with Gasteiger partial charge in [0.2, 0.25) is 0 Å². The maximum absolute atomic E-state index is 11.4. The molecule has 2 rings (SSSR count). The van der Waals surface area contributed by atoms with Gasteiger partial charge in [-0.05, 0) is 6.26 Å². The van der Waals surface area contributed by atoms with Gasteiger partial charge in [0.1, 0.15) is 22.1 Å². The van der Waals surface area contributed by atoms with Crippen LogP contribution in [-0.2, 0) is 9.47 Å². The Balaban J connectivity index is 2.34. The van der Waals surface area contributed by atoms with E-state index in [2.05, 4.69) is 4.90 Å². The number of nitrogen functional groups attached to an aromatic ring is 1. The Labute approximate surface area is 126 Å². The number of thiophene rings is 1. The standard InChI is InChI=1S/C12H19N3O3S2/c1-17-6-4-15(5-7(6)18-2)12-10(19-3)8(13)9(20-12)11(14)16/h6-7H,4-5,13H2,1-3H3,(H2,14,16). The van der Waals surface area contributed by atoms with Crippen molar-refractivity contribution in [3.63, 3.8) is 0 Å². The third-order valence-corrected chi connectivity index (χ3v) is 5.65. The molecule has 2 unspecified atom stereocenters. The van der Waals surface area contributed by atoms with Gasteiger partial charge in [0.25, 0.3) is 5.91 Å². The van der Waals surface area contributed by atoms with Crippen LogP contribution in [0.2, 0.25) is 0 Å². The number of ether oxygens (including phenoxy) is 2. The molecule has 1 aromatic heterocycles. The Morgan fingerprint density at radius 3 is 2.30 bits per heavy atom. The van der Waals surface area contributed by atoms with Crippen molar-refractivity contribution in [2.45, 2.75) is 17.1 Å². The zero-order valence-corrected chi connectivity index (χ0v) is 13.3. The van der Waals surface area contributed by atoms with Crippen molar-refractivity contribution in [3.8, 4) is 0 Å². The van der Waals surface area contributed by atoms with Crippen molar-refractivity contribution < 1.29 is 14.3 Å². The maximum atomic E-state index is 11.4. The van der Waals surface area contributed by atoms with Crippen LogP contribution in [0, 0.1) is 0 Å². The van der Waals surface area contributed by atoms with Crippen molar-refractivity contribution >= 4 is 39.7 Å². The van der Waals surface area contributed by atoms with Crippen LogP contribution in [-0.4, -0.2) is 51.7 Å². The highest BCUT2D eigenvalue weighted by Gasteiger charge is 2.35. The number of nitrogens with two attached hydrogens (primary N) is 2. The van der Waals surface area contributed by atoms with Crippen molar-refractivity contribution in [2.24, 2.45) is 5.73 Å². The van der Waals surface area contributed by atoms with Gasteiger partial charge in [-0.15, -0.1) is 23.1 Å². The number of carbonyl (C=O) groups is 1. The molecule has 0 aromatic carbocycles. The third kappa shape index (κ3) is 2.60. The second kappa shape index (κ2) is 6.21. The Kier molecular flexibility index (Phi) is 4.79. The van der Waals surface area contributed by atoms with Crippen LogP contribution in [0.5, 0.6) is 0 Å². The van der Waals surface area contributed by atoms with E-state index in [-0.39, 0.29) is 12.2 Å². The number of hydrogen-bond acceptors (Lipinski definition) is 7. The van der Waals surface area contributed by atoms with Gasteiger partial charge in [-0.1, -0.05) is 0 Å². The topological polar surface area (TPSA) is 90.8 Å². The first kappa shape index (κ1) is 15.4. The van der Waals surface area contributed by atoms with Crippen LogP contribution in [0.15, 0.2) is 4.90 Å². The average Bonchev–Trinajstić information content (AvgIpc) is 2.98. The molecular weight excluding hydrogens is 298 g/mol. The number of hydrogen-bond donors (Lipinski definition) is 2. The zero-order valence-electron chi connectivity index (χ0n) is 11.7. The predicted octanol–water partition coefficient (Wildman–Crippen LogP) is 1.00. The molecule has 4 N–H and O–H groups in total. The number of carbonyl (C=O) groups excluding carboxylic acids is 1. The van der Waals surface area contributed by atoms with Gasteiger partial charge in [-0.25, -0.2) is 0 Å². The second-order valence-corrected chi connectivity index (χ2v) is 6.32. The Morgan fingerprint density at radius 1 is 1.35 bits per heavy atom. The summed E-state index contributed by atoms with van der Waals surface area (Å²) >= 11 is 2.85.